The van der Waals surface area contributed by atoms with Crippen molar-refractivity contribution in [3.8, 4) is 0 Å². The van der Waals surface area contributed by atoms with Crippen molar-refractivity contribution >= 4 is 35.3 Å². The normalized spacial score (nSPS) is 9.33. The Morgan fingerprint density at radius 2 is 1.50 bits per heavy atom. The molecule has 0 heterocycles. The van der Waals surface area contributed by atoms with Crippen LogP contribution in [0.25, 0.3) is 10.8 Å². The summed E-state index contributed by atoms with van der Waals surface area (Å²) in [6.07, 6.45) is 0. The van der Waals surface area contributed by atoms with Gasteiger partial charge in [0.25, 0.3) is 0 Å². The van der Waals surface area contributed by atoms with Crippen molar-refractivity contribution in [3.05, 3.63) is 42.5 Å². The number of nitrogen functional groups attached to an aromatic ring is 1. The van der Waals surface area contributed by atoms with Crippen molar-refractivity contribution in [2.24, 2.45) is 0 Å². The van der Waals surface area contributed by atoms with E-state index >= 15 is 0 Å². The van der Waals surface area contributed by atoms with E-state index in [4.69, 9.17) is 5.73 Å². The second-order valence-corrected chi connectivity index (χ2v) is 2.57. The Labute approximate surface area is 83.8 Å². The number of hydrogen-bond acceptors (Lipinski definition) is 1. The molecule has 2 N–H and O–H groups in total. The van der Waals surface area contributed by atoms with Crippen molar-refractivity contribution in [1.29, 1.82) is 0 Å². The third-order valence-corrected chi connectivity index (χ3v) is 1.82. The van der Waals surface area contributed by atoms with Gasteiger partial charge < -0.3 is 5.73 Å². The quantitative estimate of drug-likeness (QED) is 0.450. The van der Waals surface area contributed by atoms with Gasteiger partial charge in [-0.25, -0.2) is 0 Å². The molecule has 0 aliphatic carbocycles. The number of hydrogen-bond donors (Lipinski definition) is 1. The number of benzene rings is 2. The van der Waals surface area contributed by atoms with Gasteiger partial charge >= 0.3 is 18.9 Å². The first kappa shape index (κ1) is 9.19. The van der Waals surface area contributed by atoms with Crippen LogP contribution in [0.2, 0.25) is 0 Å². The molecule has 0 spiro atoms. The van der Waals surface area contributed by atoms with Crippen molar-refractivity contribution in [3.63, 3.8) is 0 Å². The van der Waals surface area contributed by atoms with Gasteiger partial charge in [-0.15, -0.1) is 0 Å². The third-order valence-electron chi connectivity index (χ3n) is 1.82. The molecule has 0 bridgehead atoms. The first-order chi connectivity index (χ1) is 5.38. The third kappa shape index (κ3) is 1.48. The van der Waals surface area contributed by atoms with Crippen LogP contribution in [0.3, 0.4) is 0 Å². The molecule has 0 aromatic heterocycles. The van der Waals surface area contributed by atoms with Crippen LogP contribution < -0.4 is 5.73 Å². The first-order valence-corrected chi connectivity index (χ1v) is 3.61. The Kier molecular flexibility index (Phi) is 2.81. The molecular weight excluding hydrogens is 141 g/mol. The monoisotopic (exact) mass is 151 g/mol. The summed E-state index contributed by atoms with van der Waals surface area (Å²) in [5, 5.41) is 2.34. The molecule has 0 unspecified atom stereocenters. The Morgan fingerprint density at radius 3 is 2.25 bits per heavy atom. The van der Waals surface area contributed by atoms with Gasteiger partial charge in [-0.05, 0) is 11.5 Å². The molecule has 2 aromatic rings. The summed E-state index contributed by atoms with van der Waals surface area (Å²) in [4.78, 5) is 0. The number of nitrogens with two attached hydrogens (primary N) is 1. The summed E-state index contributed by atoms with van der Waals surface area (Å²) < 4.78 is 0. The fraction of sp³-hybridized carbons (Fsp3) is 0. The van der Waals surface area contributed by atoms with Crippen molar-refractivity contribution < 1.29 is 0 Å². The molecule has 56 valence electrons. The summed E-state index contributed by atoms with van der Waals surface area (Å²) in [5.74, 6) is 0. The van der Waals surface area contributed by atoms with Crippen molar-refractivity contribution in [2.45, 2.75) is 0 Å². The van der Waals surface area contributed by atoms with Gasteiger partial charge in [0, 0.05) is 11.1 Å². The average Bonchev–Trinajstić information content (AvgIpc) is 2.06. The van der Waals surface area contributed by atoms with Gasteiger partial charge in [0.05, 0.1) is 0 Å². The Morgan fingerprint density at radius 1 is 0.833 bits per heavy atom. The van der Waals surface area contributed by atoms with Gasteiger partial charge in [-0.3, -0.25) is 0 Å². The van der Waals surface area contributed by atoms with Crippen LogP contribution in [0, 0.1) is 0 Å². The molecule has 0 atom stereocenters. The predicted octanol–water partition coefficient (Wildman–Crippen LogP) is 1.77. The summed E-state index contributed by atoms with van der Waals surface area (Å²) in [6, 6.07) is 14.1. The van der Waals surface area contributed by atoms with Gasteiger partial charge in [0.15, 0.2) is 0 Å². The minimum atomic E-state index is 0. The number of anilines is 1. The van der Waals surface area contributed by atoms with E-state index in [0.29, 0.717) is 0 Å². The van der Waals surface area contributed by atoms with Crippen molar-refractivity contribution in [2.75, 3.05) is 5.73 Å². The molecule has 0 aliphatic rings. The molecule has 0 aliphatic heterocycles. The standard InChI is InChI=1S/C10H9N.Li.H/c11-10-7-3-5-8-4-1-2-6-9(8)10;;/h1-7H,11H2;;. The fourth-order valence-corrected chi connectivity index (χ4v) is 1.25. The number of fused-ring (bicyclic) bond motifs is 1. The molecule has 2 heteroatoms. The van der Waals surface area contributed by atoms with Crippen LogP contribution in [0.15, 0.2) is 42.5 Å². The second kappa shape index (κ2) is 3.67. The molecule has 0 radical (unpaired) electrons. The maximum absolute atomic E-state index is 5.76. The van der Waals surface area contributed by atoms with E-state index in [-0.39, 0.29) is 18.9 Å². The molecule has 12 heavy (non-hydrogen) atoms. The molecule has 0 saturated heterocycles. The van der Waals surface area contributed by atoms with Crippen LogP contribution >= 0.6 is 0 Å². The second-order valence-electron chi connectivity index (χ2n) is 2.57. The van der Waals surface area contributed by atoms with Gasteiger partial charge in [0.1, 0.15) is 0 Å². The van der Waals surface area contributed by atoms with E-state index in [1.165, 1.54) is 5.39 Å². The maximum atomic E-state index is 5.76. The number of rotatable bonds is 0. The summed E-state index contributed by atoms with van der Waals surface area (Å²) in [5.41, 5.74) is 6.61. The molecule has 2 rings (SSSR count). The predicted molar refractivity (Wildman–Crippen MR) is 55.5 cm³/mol. The Balaban J connectivity index is 0.000000720. The summed E-state index contributed by atoms with van der Waals surface area (Å²) in [6.45, 7) is 0. The van der Waals surface area contributed by atoms with Gasteiger partial charge in [0.2, 0.25) is 0 Å². The SMILES string of the molecule is Nc1cccc2ccccc12.[LiH]. The first-order valence-electron chi connectivity index (χ1n) is 3.61. The van der Waals surface area contributed by atoms with E-state index in [1.54, 1.807) is 0 Å². The van der Waals surface area contributed by atoms with Crippen LogP contribution in [0.4, 0.5) is 5.69 Å². The minimum absolute atomic E-state index is 0. The van der Waals surface area contributed by atoms with Crippen LogP contribution in [-0.2, 0) is 0 Å². The molecule has 1 nitrogen and oxygen atoms in total. The van der Waals surface area contributed by atoms with E-state index < -0.39 is 0 Å². The molecule has 0 amide bonds. The van der Waals surface area contributed by atoms with Crippen LogP contribution in [0.1, 0.15) is 0 Å². The van der Waals surface area contributed by atoms with Gasteiger partial charge in [-0.2, -0.15) is 0 Å². The van der Waals surface area contributed by atoms with Crippen LogP contribution in [-0.4, -0.2) is 18.9 Å². The average molecular weight is 151 g/mol. The van der Waals surface area contributed by atoms with E-state index in [0.717, 1.165) is 11.1 Å². The van der Waals surface area contributed by atoms with E-state index in [2.05, 4.69) is 12.1 Å². The van der Waals surface area contributed by atoms with Gasteiger partial charge in [-0.1, -0.05) is 36.4 Å². The van der Waals surface area contributed by atoms with E-state index in [1.807, 2.05) is 30.3 Å². The Hall–Kier alpha value is -0.903. The zero-order valence-corrected chi connectivity index (χ0v) is 6.12. The van der Waals surface area contributed by atoms with E-state index in [9.17, 15) is 0 Å². The topological polar surface area (TPSA) is 26.0 Å². The molecule has 2 aromatic carbocycles. The fourth-order valence-electron chi connectivity index (χ4n) is 1.25. The summed E-state index contributed by atoms with van der Waals surface area (Å²) in [7, 11) is 0. The molecular formula is C10H10LiN. The van der Waals surface area contributed by atoms with Crippen LogP contribution in [0.5, 0.6) is 0 Å². The van der Waals surface area contributed by atoms with Crippen molar-refractivity contribution in [1.82, 2.24) is 0 Å². The zero-order valence-electron chi connectivity index (χ0n) is 6.12. The molecule has 0 saturated carbocycles. The summed E-state index contributed by atoms with van der Waals surface area (Å²) >= 11 is 0. The Bertz CT molecular complexity index is 379. The molecule has 0 fully saturated rings. The zero-order chi connectivity index (χ0) is 7.68.